The van der Waals surface area contributed by atoms with Crippen molar-refractivity contribution < 1.29 is 4.74 Å². The Balaban J connectivity index is 1.70. The van der Waals surface area contributed by atoms with E-state index in [-0.39, 0.29) is 12.1 Å². The van der Waals surface area contributed by atoms with Crippen molar-refractivity contribution in [2.24, 2.45) is 0 Å². The molecule has 3 rings (SSSR count). The molecule has 1 saturated carbocycles. The summed E-state index contributed by atoms with van der Waals surface area (Å²) in [4.78, 5) is 8.85. The molecule has 5 nitrogen and oxygen atoms in total. The van der Waals surface area contributed by atoms with Crippen molar-refractivity contribution in [1.82, 2.24) is 9.97 Å². The van der Waals surface area contributed by atoms with Crippen LogP contribution in [0.5, 0.6) is 0 Å². The molecule has 18 heavy (non-hydrogen) atoms. The Labute approximate surface area is 107 Å². The molecule has 0 spiro atoms. The highest BCUT2D eigenvalue weighted by Crippen LogP contribution is 2.38. The van der Waals surface area contributed by atoms with Gasteiger partial charge in [-0.1, -0.05) is 0 Å². The first-order valence-corrected chi connectivity index (χ1v) is 6.75. The predicted octanol–water partition coefficient (Wildman–Crippen LogP) is 1.92. The third kappa shape index (κ3) is 2.56. The summed E-state index contributed by atoms with van der Waals surface area (Å²) in [5.74, 6) is 2.78. The van der Waals surface area contributed by atoms with Crippen LogP contribution in [0, 0.1) is 0 Å². The van der Waals surface area contributed by atoms with Crippen molar-refractivity contribution in [3.05, 3.63) is 11.9 Å². The van der Waals surface area contributed by atoms with Gasteiger partial charge in [0.1, 0.15) is 17.5 Å². The molecule has 1 aromatic heterocycles. The maximum absolute atomic E-state index is 5.83. The molecule has 0 aromatic carbocycles. The number of hydrogen-bond acceptors (Lipinski definition) is 5. The molecule has 1 aliphatic heterocycles. The summed E-state index contributed by atoms with van der Waals surface area (Å²) >= 11 is 0. The van der Waals surface area contributed by atoms with E-state index in [9.17, 15) is 0 Å². The van der Waals surface area contributed by atoms with Crippen molar-refractivity contribution in [2.45, 2.75) is 50.7 Å². The topological polar surface area (TPSA) is 73.1 Å². The number of nitrogens with one attached hydrogen (secondary N) is 1. The van der Waals surface area contributed by atoms with E-state index in [0.29, 0.717) is 11.7 Å². The summed E-state index contributed by atoms with van der Waals surface area (Å²) in [5, 5.41) is 3.39. The molecule has 0 radical (unpaired) electrons. The minimum Gasteiger partial charge on any atom is -0.384 e. The zero-order valence-electron chi connectivity index (χ0n) is 10.7. The van der Waals surface area contributed by atoms with Crippen molar-refractivity contribution in [3.63, 3.8) is 0 Å². The number of nitrogens with zero attached hydrogens (tertiary/aromatic N) is 2. The summed E-state index contributed by atoms with van der Waals surface area (Å²) < 4.78 is 5.67. The third-order valence-corrected chi connectivity index (χ3v) is 3.60. The van der Waals surface area contributed by atoms with Crippen LogP contribution in [0.1, 0.15) is 44.3 Å². The number of nitrogens with two attached hydrogens (primary N) is 1. The average Bonchev–Trinajstić information content (AvgIpc) is 3.03. The van der Waals surface area contributed by atoms with Gasteiger partial charge in [0.15, 0.2) is 0 Å². The van der Waals surface area contributed by atoms with Crippen molar-refractivity contribution in [1.29, 1.82) is 0 Å². The standard InChI is InChI=1S/C13H20N4O/c1-8(10-3-2-6-18-10)15-12-7-11(14)16-13(17-12)9-4-5-9/h7-10H,2-6H2,1H3,(H3,14,15,16,17). The van der Waals surface area contributed by atoms with Crippen LogP contribution in [0.25, 0.3) is 0 Å². The summed E-state index contributed by atoms with van der Waals surface area (Å²) in [5.41, 5.74) is 5.83. The monoisotopic (exact) mass is 248 g/mol. The van der Waals surface area contributed by atoms with Gasteiger partial charge in [0.2, 0.25) is 0 Å². The minimum absolute atomic E-state index is 0.258. The van der Waals surface area contributed by atoms with Gasteiger partial charge in [-0.15, -0.1) is 0 Å². The van der Waals surface area contributed by atoms with Gasteiger partial charge in [-0.2, -0.15) is 0 Å². The Morgan fingerprint density at radius 2 is 2.22 bits per heavy atom. The van der Waals surface area contributed by atoms with Gasteiger partial charge in [0.05, 0.1) is 12.1 Å². The van der Waals surface area contributed by atoms with Crippen LogP contribution in [-0.4, -0.2) is 28.7 Å². The first-order valence-electron chi connectivity index (χ1n) is 6.75. The number of nitrogen functional groups attached to an aromatic ring is 1. The Bertz CT molecular complexity index is 427. The molecular weight excluding hydrogens is 228 g/mol. The molecule has 0 bridgehead atoms. The van der Waals surface area contributed by atoms with Gasteiger partial charge in [-0.25, -0.2) is 9.97 Å². The van der Waals surface area contributed by atoms with E-state index in [1.54, 1.807) is 6.07 Å². The molecule has 1 saturated heterocycles. The van der Waals surface area contributed by atoms with Gasteiger partial charge in [-0.3, -0.25) is 0 Å². The highest BCUT2D eigenvalue weighted by molar-refractivity contribution is 5.46. The van der Waals surface area contributed by atoms with E-state index in [4.69, 9.17) is 10.5 Å². The molecular formula is C13H20N4O. The lowest BCUT2D eigenvalue weighted by Crippen LogP contribution is -2.30. The lowest BCUT2D eigenvalue weighted by molar-refractivity contribution is 0.0995. The van der Waals surface area contributed by atoms with Gasteiger partial charge >= 0.3 is 0 Å². The molecule has 5 heteroatoms. The second kappa shape index (κ2) is 4.72. The van der Waals surface area contributed by atoms with Crippen molar-refractivity contribution in [3.8, 4) is 0 Å². The lowest BCUT2D eigenvalue weighted by Gasteiger charge is -2.20. The number of ether oxygens (including phenoxy) is 1. The normalized spacial score (nSPS) is 25.1. The van der Waals surface area contributed by atoms with E-state index in [2.05, 4.69) is 22.2 Å². The molecule has 3 N–H and O–H groups in total. The second-order valence-corrected chi connectivity index (χ2v) is 5.30. The Morgan fingerprint density at radius 1 is 1.39 bits per heavy atom. The summed E-state index contributed by atoms with van der Waals surface area (Å²) in [6.45, 7) is 3.00. The van der Waals surface area contributed by atoms with Crippen molar-refractivity contribution >= 4 is 11.6 Å². The molecule has 2 aliphatic rings. The quantitative estimate of drug-likeness (QED) is 0.851. The van der Waals surface area contributed by atoms with Crippen LogP contribution in [0.15, 0.2) is 6.07 Å². The highest BCUT2D eigenvalue weighted by Gasteiger charge is 2.28. The zero-order valence-corrected chi connectivity index (χ0v) is 10.7. The largest absolute Gasteiger partial charge is 0.384 e. The molecule has 1 aliphatic carbocycles. The molecule has 2 atom stereocenters. The number of rotatable bonds is 4. The van der Waals surface area contributed by atoms with Crippen LogP contribution in [0.3, 0.4) is 0 Å². The molecule has 98 valence electrons. The summed E-state index contributed by atoms with van der Waals surface area (Å²) in [6, 6.07) is 2.06. The lowest BCUT2D eigenvalue weighted by atomic mass is 10.1. The molecule has 0 amide bonds. The van der Waals surface area contributed by atoms with E-state index in [0.717, 1.165) is 31.1 Å². The fraction of sp³-hybridized carbons (Fsp3) is 0.692. The number of anilines is 2. The average molecular weight is 248 g/mol. The SMILES string of the molecule is CC(Nc1cc(N)nc(C2CC2)n1)C1CCCO1. The third-order valence-electron chi connectivity index (χ3n) is 3.60. The zero-order chi connectivity index (χ0) is 12.5. The smallest absolute Gasteiger partial charge is 0.136 e. The van der Waals surface area contributed by atoms with E-state index in [1.807, 2.05) is 0 Å². The predicted molar refractivity (Wildman–Crippen MR) is 70.5 cm³/mol. The molecule has 1 aromatic rings. The molecule has 2 fully saturated rings. The van der Waals surface area contributed by atoms with Gasteiger partial charge in [0, 0.05) is 18.6 Å². The molecule has 2 unspecified atom stereocenters. The van der Waals surface area contributed by atoms with E-state index in [1.165, 1.54) is 12.8 Å². The minimum atomic E-state index is 0.258. The number of aromatic nitrogens is 2. The summed E-state index contributed by atoms with van der Waals surface area (Å²) in [7, 11) is 0. The Morgan fingerprint density at radius 3 is 2.89 bits per heavy atom. The van der Waals surface area contributed by atoms with Crippen LogP contribution in [0.4, 0.5) is 11.6 Å². The van der Waals surface area contributed by atoms with Crippen LogP contribution < -0.4 is 11.1 Å². The van der Waals surface area contributed by atoms with Crippen LogP contribution in [0.2, 0.25) is 0 Å². The first kappa shape index (κ1) is 11.7. The van der Waals surface area contributed by atoms with Crippen LogP contribution in [-0.2, 0) is 4.74 Å². The first-order chi connectivity index (χ1) is 8.72. The fourth-order valence-corrected chi connectivity index (χ4v) is 2.41. The molecule has 2 heterocycles. The number of hydrogen-bond donors (Lipinski definition) is 2. The van der Waals surface area contributed by atoms with E-state index < -0.39 is 0 Å². The maximum atomic E-state index is 5.83. The fourth-order valence-electron chi connectivity index (χ4n) is 2.41. The summed E-state index contributed by atoms with van der Waals surface area (Å²) in [6.07, 6.45) is 4.92. The Hall–Kier alpha value is -1.36. The van der Waals surface area contributed by atoms with Crippen molar-refractivity contribution in [2.75, 3.05) is 17.7 Å². The van der Waals surface area contributed by atoms with Crippen LogP contribution >= 0.6 is 0 Å². The van der Waals surface area contributed by atoms with Gasteiger partial charge < -0.3 is 15.8 Å². The Kier molecular flexibility index (Phi) is 3.07. The van der Waals surface area contributed by atoms with E-state index >= 15 is 0 Å². The maximum Gasteiger partial charge on any atom is 0.136 e. The second-order valence-electron chi connectivity index (χ2n) is 5.30. The van der Waals surface area contributed by atoms with Gasteiger partial charge in [0.25, 0.3) is 0 Å². The van der Waals surface area contributed by atoms with Gasteiger partial charge in [-0.05, 0) is 32.6 Å². The highest BCUT2D eigenvalue weighted by atomic mass is 16.5.